The Labute approximate surface area is 83.7 Å². The van der Waals surface area contributed by atoms with Gasteiger partial charge in [-0.2, -0.15) is 5.10 Å². The van der Waals surface area contributed by atoms with Crippen LogP contribution in [0.3, 0.4) is 0 Å². The third-order valence-corrected chi connectivity index (χ3v) is 3.06. The second-order valence-corrected chi connectivity index (χ2v) is 4.02. The van der Waals surface area contributed by atoms with Crippen molar-refractivity contribution in [3.63, 3.8) is 0 Å². The van der Waals surface area contributed by atoms with Crippen molar-refractivity contribution in [1.82, 2.24) is 9.78 Å². The molecule has 1 heterocycles. The number of halogens is 1. The first-order chi connectivity index (χ1) is 6.11. The third-order valence-electron chi connectivity index (χ3n) is 2.11. The summed E-state index contributed by atoms with van der Waals surface area (Å²) in [5.74, 6) is -0.917. The molecule has 0 bridgehead atoms. The van der Waals surface area contributed by atoms with E-state index in [1.54, 1.807) is 11.6 Å². The third kappa shape index (κ3) is 1.37. The van der Waals surface area contributed by atoms with E-state index in [0.29, 0.717) is 10.5 Å². The molecule has 70 valence electrons. The fourth-order valence-corrected chi connectivity index (χ4v) is 1.73. The van der Waals surface area contributed by atoms with Gasteiger partial charge in [-0.25, -0.2) is 4.79 Å². The van der Waals surface area contributed by atoms with Gasteiger partial charge in [-0.1, -0.05) is 0 Å². The molecule has 1 N–H and O–H groups in total. The number of aromatic nitrogens is 2. The quantitative estimate of drug-likeness (QED) is 0.866. The minimum absolute atomic E-state index is 0.278. The Hall–Kier alpha value is -0.840. The average molecular weight is 245 g/mol. The van der Waals surface area contributed by atoms with Crippen LogP contribution in [-0.2, 0) is 0 Å². The predicted octanol–water partition coefficient (Wildman–Crippen LogP) is 1.99. The van der Waals surface area contributed by atoms with E-state index < -0.39 is 5.97 Å². The van der Waals surface area contributed by atoms with Gasteiger partial charge >= 0.3 is 5.97 Å². The van der Waals surface area contributed by atoms with Crippen LogP contribution in [0.1, 0.15) is 35.1 Å². The first kappa shape index (κ1) is 8.74. The van der Waals surface area contributed by atoms with Gasteiger partial charge < -0.3 is 5.11 Å². The van der Waals surface area contributed by atoms with Gasteiger partial charge in [-0.3, -0.25) is 4.68 Å². The Kier molecular flexibility index (Phi) is 1.91. The van der Waals surface area contributed by atoms with Gasteiger partial charge in [-0.05, 0) is 35.7 Å². The second kappa shape index (κ2) is 2.83. The molecular formula is C8H9BrN2O2. The number of carboxylic acids is 1. The summed E-state index contributed by atoms with van der Waals surface area (Å²) in [6.07, 6.45) is 2.07. The average Bonchev–Trinajstić information content (AvgIpc) is 2.80. The highest BCUT2D eigenvalue weighted by molar-refractivity contribution is 9.10. The van der Waals surface area contributed by atoms with Crippen LogP contribution in [0, 0.1) is 6.92 Å². The lowest BCUT2D eigenvalue weighted by Crippen LogP contribution is -2.08. The van der Waals surface area contributed by atoms with Crippen molar-refractivity contribution in [2.75, 3.05) is 0 Å². The van der Waals surface area contributed by atoms with Crippen LogP contribution in [0.4, 0.5) is 0 Å². The number of carbonyl (C=O) groups is 1. The van der Waals surface area contributed by atoms with E-state index in [1.807, 2.05) is 0 Å². The topological polar surface area (TPSA) is 55.1 Å². The SMILES string of the molecule is Cc1nn(C2CC2)c(C(=O)O)c1Br. The van der Waals surface area contributed by atoms with Gasteiger partial charge in [0.1, 0.15) is 0 Å². The van der Waals surface area contributed by atoms with Gasteiger partial charge in [0.15, 0.2) is 5.69 Å². The second-order valence-electron chi connectivity index (χ2n) is 3.23. The maximum absolute atomic E-state index is 10.9. The molecule has 0 amide bonds. The monoisotopic (exact) mass is 244 g/mol. The van der Waals surface area contributed by atoms with Crippen molar-refractivity contribution in [1.29, 1.82) is 0 Å². The van der Waals surface area contributed by atoms with Crippen molar-refractivity contribution in [3.8, 4) is 0 Å². The van der Waals surface area contributed by atoms with E-state index >= 15 is 0 Å². The lowest BCUT2D eigenvalue weighted by atomic mass is 10.4. The molecule has 4 nitrogen and oxygen atoms in total. The number of hydrogen-bond acceptors (Lipinski definition) is 2. The molecule has 0 unspecified atom stereocenters. The molecule has 2 rings (SSSR count). The van der Waals surface area contributed by atoms with E-state index in [2.05, 4.69) is 21.0 Å². The highest BCUT2D eigenvalue weighted by atomic mass is 79.9. The molecule has 0 radical (unpaired) electrons. The van der Waals surface area contributed by atoms with Crippen LogP contribution in [0.25, 0.3) is 0 Å². The number of hydrogen-bond donors (Lipinski definition) is 1. The van der Waals surface area contributed by atoms with Crippen molar-refractivity contribution < 1.29 is 9.90 Å². The zero-order valence-electron chi connectivity index (χ0n) is 7.12. The Morgan fingerprint density at radius 1 is 1.69 bits per heavy atom. The fraction of sp³-hybridized carbons (Fsp3) is 0.500. The van der Waals surface area contributed by atoms with Crippen molar-refractivity contribution >= 4 is 21.9 Å². The normalized spacial score (nSPS) is 16.2. The first-order valence-corrected chi connectivity index (χ1v) is 4.88. The lowest BCUT2D eigenvalue weighted by molar-refractivity contribution is 0.0682. The molecular weight excluding hydrogens is 236 g/mol. The maximum Gasteiger partial charge on any atom is 0.355 e. The molecule has 0 atom stereocenters. The zero-order valence-corrected chi connectivity index (χ0v) is 8.71. The van der Waals surface area contributed by atoms with Crippen LogP contribution >= 0.6 is 15.9 Å². The Morgan fingerprint density at radius 2 is 2.31 bits per heavy atom. The van der Waals surface area contributed by atoms with Gasteiger partial charge in [0.2, 0.25) is 0 Å². The van der Waals surface area contributed by atoms with Crippen LogP contribution in [0.5, 0.6) is 0 Å². The van der Waals surface area contributed by atoms with Crippen molar-refractivity contribution in [3.05, 3.63) is 15.9 Å². The summed E-state index contributed by atoms with van der Waals surface area (Å²) in [5.41, 5.74) is 1.02. The molecule has 0 aliphatic heterocycles. The summed E-state index contributed by atoms with van der Waals surface area (Å²) in [7, 11) is 0. The van der Waals surface area contributed by atoms with Gasteiger partial charge in [-0.15, -0.1) is 0 Å². The number of aryl methyl sites for hydroxylation is 1. The molecule has 5 heteroatoms. The van der Waals surface area contributed by atoms with Crippen LogP contribution in [0.2, 0.25) is 0 Å². The predicted molar refractivity (Wildman–Crippen MR) is 49.9 cm³/mol. The summed E-state index contributed by atoms with van der Waals surface area (Å²) in [5, 5.41) is 13.1. The standard InChI is InChI=1S/C8H9BrN2O2/c1-4-6(9)7(8(12)13)11(10-4)5-2-3-5/h5H,2-3H2,1H3,(H,12,13). The Bertz CT molecular complexity index is 368. The molecule has 1 fully saturated rings. The molecule has 1 aliphatic carbocycles. The van der Waals surface area contributed by atoms with Gasteiger partial charge in [0.05, 0.1) is 16.2 Å². The highest BCUT2D eigenvalue weighted by Gasteiger charge is 2.31. The molecule has 1 aliphatic rings. The van der Waals surface area contributed by atoms with E-state index in [4.69, 9.17) is 5.11 Å². The van der Waals surface area contributed by atoms with Crippen LogP contribution in [0.15, 0.2) is 4.47 Å². The largest absolute Gasteiger partial charge is 0.476 e. The summed E-state index contributed by atoms with van der Waals surface area (Å²) >= 11 is 3.23. The molecule has 1 aromatic rings. The minimum atomic E-state index is -0.917. The Balaban J connectivity index is 2.54. The van der Waals surface area contributed by atoms with E-state index in [9.17, 15) is 4.79 Å². The fourth-order valence-electron chi connectivity index (χ4n) is 1.30. The van der Waals surface area contributed by atoms with Crippen LogP contribution in [-0.4, -0.2) is 20.9 Å². The maximum atomic E-state index is 10.9. The lowest BCUT2D eigenvalue weighted by Gasteiger charge is -2.00. The number of carboxylic acid groups (broad SMARTS) is 1. The molecule has 13 heavy (non-hydrogen) atoms. The summed E-state index contributed by atoms with van der Waals surface area (Å²) < 4.78 is 2.22. The molecule has 1 aromatic heterocycles. The molecule has 0 aromatic carbocycles. The first-order valence-electron chi connectivity index (χ1n) is 4.09. The van der Waals surface area contributed by atoms with E-state index in [1.165, 1.54) is 0 Å². The minimum Gasteiger partial charge on any atom is -0.476 e. The van der Waals surface area contributed by atoms with Gasteiger partial charge in [0.25, 0.3) is 0 Å². The number of rotatable bonds is 2. The number of nitrogens with zero attached hydrogens (tertiary/aromatic N) is 2. The molecule has 1 saturated carbocycles. The smallest absolute Gasteiger partial charge is 0.355 e. The highest BCUT2D eigenvalue weighted by Crippen LogP contribution is 2.37. The summed E-state index contributed by atoms with van der Waals surface area (Å²) in [6, 6.07) is 0.302. The molecule has 0 spiro atoms. The van der Waals surface area contributed by atoms with E-state index in [0.717, 1.165) is 18.5 Å². The van der Waals surface area contributed by atoms with Gasteiger partial charge in [0, 0.05) is 0 Å². The summed E-state index contributed by atoms with van der Waals surface area (Å²) in [4.78, 5) is 10.9. The Morgan fingerprint density at radius 3 is 2.77 bits per heavy atom. The van der Waals surface area contributed by atoms with Crippen LogP contribution < -0.4 is 0 Å². The molecule has 0 saturated heterocycles. The van der Waals surface area contributed by atoms with Crippen molar-refractivity contribution in [2.24, 2.45) is 0 Å². The summed E-state index contributed by atoms with van der Waals surface area (Å²) in [6.45, 7) is 1.80. The zero-order chi connectivity index (χ0) is 9.59. The van der Waals surface area contributed by atoms with E-state index in [-0.39, 0.29) is 5.69 Å². The number of aromatic carboxylic acids is 1. The van der Waals surface area contributed by atoms with Crippen molar-refractivity contribution in [2.45, 2.75) is 25.8 Å².